The van der Waals surface area contributed by atoms with Gasteiger partial charge >= 0.3 is 0 Å². The van der Waals surface area contributed by atoms with Gasteiger partial charge in [0.2, 0.25) is 0 Å². The monoisotopic (exact) mass is 189 g/mol. The van der Waals surface area contributed by atoms with Crippen molar-refractivity contribution < 1.29 is 4.79 Å². The average Bonchev–Trinajstić information content (AvgIpc) is 2.44. The van der Waals surface area contributed by atoms with E-state index in [1.165, 1.54) is 0 Å². The first-order valence-corrected chi connectivity index (χ1v) is 5.04. The Morgan fingerprint density at radius 2 is 2.14 bits per heavy atom. The first-order chi connectivity index (χ1) is 6.64. The van der Waals surface area contributed by atoms with E-state index in [1.54, 1.807) is 0 Å². The normalized spacial score (nSPS) is 30.3. The van der Waals surface area contributed by atoms with Crippen LogP contribution in [0.25, 0.3) is 0 Å². The Bertz CT molecular complexity index is 363. The van der Waals surface area contributed by atoms with Crippen LogP contribution in [0.15, 0.2) is 35.5 Å². The smallest absolute Gasteiger partial charge is 0.251 e. The van der Waals surface area contributed by atoms with Crippen LogP contribution in [0.5, 0.6) is 0 Å². The van der Waals surface area contributed by atoms with Gasteiger partial charge in [0.25, 0.3) is 5.91 Å². The van der Waals surface area contributed by atoms with E-state index in [0.717, 1.165) is 17.6 Å². The van der Waals surface area contributed by atoms with Crippen LogP contribution in [0.1, 0.15) is 20.3 Å². The van der Waals surface area contributed by atoms with Crippen molar-refractivity contribution in [2.24, 2.45) is 5.41 Å². The lowest BCUT2D eigenvalue weighted by Gasteiger charge is -2.18. The van der Waals surface area contributed by atoms with Gasteiger partial charge in [-0.1, -0.05) is 38.2 Å². The van der Waals surface area contributed by atoms with E-state index in [9.17, 15) is 4.79 Å². The Hall–Kier alpha value is -1.31. The van der Waals surface area contributed by atoms with Crippen molar-refractivity contribution in [1.29, 1.82) is 0 Å². The zero-order valence-electron chi connectivity index (χ0n) is 8.63. The van der Waals surface area contributed by atoms with Gasteiger partial charge in [0.15, 0.2) is 0 Å². The molecule has 0 radical (unpaired) electrons. The average molecular weight is 189 g/mol. The fraction of sp³-hybridized carbons (Fsp3) is 0.417. The molecule has 74 valence electrons. The number of rotatable bonds is 1. The second-order valence-corrected chi connectivity index (χ2v) is 4.15. The molecule has 1 N–H and O–H groups in total. The second-order valence-electron chi connectivity index (χ2n) is 4.15. The summed E-state index contributed by atoms with van der Waals surface area (Å²) in [7, 11) is 0. The van der Waals surface area contributed by atoms with Crippen molar-refractivity contribution in [2.45, 2.75) is 20.3 Å². The van der Waals surface area contributed by atoms with E-state index in [-0.39, 0.29) is 11.3 Å². The summed E-state index contributed by atoms with van der Waals surface area (Å²) in [5, 5.41) is 2.82. The summed E-state index contributed by atoms with van der Waals surface area (Å²) >= 11 is 0. The number of carbonyl (C=O) groups is 1. The quantitative estimate of drug-likeness (QED) is 0.671. The molecule has 2 heteroatoms. The summed E-state index contributed by atoms with van der Waals surface area (Å²) in [6.45, 7) is 5.01. The predicted octanol–water partition coefficient (Wildman–Crippen LogP) is 1.96. The number of nitrogens with one attached hydrogen (secondary N) is 1. The highest BCUT2D eigenvalue weighted by Gasteiger charge is 2.23. The molecule has 2 nitrogen and oxygen atoms in total. The van der Waals surface area contributed by atoms with Crippen LogP contribution in [0.3, 0.4) is 0 Å². The lowest BCUT2D eigenvalue weighted by Crippen LogP contribution is -2.17. The third kappa shape index (κ3) is 1.41. The summed E-state index contributed by atoms with van der Waals surface area (Å²) in [6.07, 6.45) is 9.41. The molecule has 1 atom stereocenters. The van der Waals surface area contributed by atoms with E-state index in [4.69, 9.17) is 0 Å². The van der Waals surface area contributed by atoms with Gasteiger partial charge in [-0.15, -0.1) is 0 Å². The number of carbonyl (C=O) groups excluding carboxylic acids is 1. The molecule has 0 fully saturated rings. The molecule has 0 aromatic carbocycles. The zero-order chi connectivity index (χ0) is 10.2. The molecule has 0 saturated carbocycles. The fourth-order valence-corrected chi connectivity index (χ4v) is 1.70. The standard InChI is InChI=1S/C12H15NO/c1-3-12(2)6-4-9-8-13-11(14)10(9)5-7-12/h4-7H,3,8H2,1-2H3,(H,13,14). The van der Waals surface area contributed by atoms with Gasteiger partial charge in [0, 0.05) is 17.5 Å². The minimum atomic E-state index is 0.0567. The Morgan fingerprint density at radius 3 is 2.86 bits per heavy atom. The molecule has 2 rings (SSSR count). The molecule has 1 heterocycles. The van der Waals surface area contributed by atoms with Crippen molar-refractivity contribution in [3.63, 3.8) is 0 Å². The van der Waals surface area contributed by atoms with Gasteiger partial charge in [-0.25, -0.2) is 0 Å². The topological polar surface area (TPSA) is 29.1 Å². The largest absolute Gasteiger partial charge is 0.348 e. The summed E-state index contributed by atoms with van der Waals surface area (Å²) in [5.74, 6) is 0.0567. The van der Waals surface area contributed by atoms with Crippen molar-refractivity contribution in [2.75, 3.05) is 6.54 Å². The van der Waals surface area contributed by atoms with Gasteiger partial charge in [0.05, 0.1) is 0 Å². The zero-order valence-corrected chi connectivity index (χ0v) is 8.63. The van der Waals surface area contributed by atoms with Crippen LogP contribution in [0, 0.1) is 5.41 Å². The maximum atomic E-state index is 11.4. The third-order valence-electron chi connectivity index (χ3n) is 3.09. The first-order valence-electron chi connectivity index (χ1n) is 5.04. The molecule has 1 amide bonds. The second kappa shape index (κ2) is 3.12. The van der Waals surface area contributed by atoms with E-state index in [2.05, 4.69) is 37.4 Å². The summed E-state index contributed by atoms with van der Waals surface area (Å²) < 4.78 is 0. The number of hydrogen-bond donors (Lipinski definition) is 1. The van der Waals surface area contributed by atoms with Crippen molar-refractivity contribution >= 4 is 5.91 Å². The molecule has 2 aliphatic rings. The molecule has 1 unspecified atom stereocenters. The van der Waals surface area contributed by atoms with Crippen LogP contribution in [-0.2, 0) is 4.79 Å². The minimum absolute atomic E-state index is 0.0567. The van der Waals surface area contributed by atoms with Gasteiger partial charge < -0.3 is 5.32 Å². The highest BCUT2D eigenvalue weighted by atomic mass is 16.1. The molecule has 0 aromatic rings. The van der Waals surface area contributed by atoms with E-state index in [1.807, 2.05) is 6.08 Å². The highest BCUT2D eigenvalue weighted by molar-refractivity contribution is 6.00. The molecule has 0 bridgehead atoms. The van der Waals surface area contributed by atoms with Crippen molar-refractivity contribution in [3.8, 4) is 0 Å². The van der Waals surface area contributed by atoms with Crippen LogP contribution in [-0.4, -0.2) is 12.5 Å². The fourth-order valence-electron chi connectivity index (χ4n) is 1.70. The van der Waals surface area contributed by atoms with Gasteiger partial charge in [-0.2, -0.15) is 0 Å². The predicted molar refractivity (Wildman–Crippen MR) is 56.7 cm³/mol. The Labute approximate surface area is 84.4 Å². The molecule has 1 aliphatic heterocycles. The lowest BCUT2D eigenvalue weighted by atomic mass is 9.87. The number of allylic oxidation sites excluding steroid dienone is 2. The first kappa shape index (κ1) is 9.25. The molecule has 0 aromatic heterocycles. The molecular formula is C12H15NO. The van der Waals surface area contributed by atoms with Gasteiger partial charge in [-0.05, 0) is 12.0 Å². The molecule has 14 heavy (non-hydrogen) atoms. The van der Waals surface area contributed by atoms with E-state index >= 15 is 0 Å². The third-order valence-corrected chi connectivity index (χ3v) is 3.09. The Kier molecular flexibility index (Phi) is 2.06. The molecule has 1 aliphatic carbocycles. The number of amides is 1. The molecule has 0 spiro atoms. The van der Waals surface area contributed by atoms with Crippen LogP contribution >= 0.6 is 0 Å². The Morgan fingerprint density at radius 1 is 1.43 bits per heavy atom. The van der Waals surface area contributed by atoms with E-state index in [0.29, 0.717) is 6.54 Å². The SMILES string of the molecule is CCC1(C)C=CC2=C(C=C1)C(=O)NC2. The number of hydrogen-bond acceptors (Lipinski definition) is 1. The molecule has 0 saturated heterocycles. The van der Waals surface area contributed by atoms with Crippen molar-refractivity contribution in [1.82, 2.24) is 5.32 Å². The highest BCUT2D eigenvalue weighted by Crippen LogP contribution is 2.30. The van der Waals surface area contributed by atoms with Crippen LogP contribution < -0.4 is 5.32 Å². The van der Waals surface area contributed by atoms with Gasteiger partial charge in [-0.3, -0.25) is 4.79 Å². The van der Waals surface area contributed by atoms with Crippen molar-refractivity contribution in [3.05, 3.63) is 35.5 Å². The summed E-state index contributed by atoms with van der Waals surface area (Å²) in [6, 6.07) is 0. The van der Waals surface area contributed by atoms with Gasteiger partial charge in [0.1, 0.15) is 0 Å². The molecular weight excluding hydrogens is 174 g/mol. The van der Waals surface area contributed by atoms with E-state index < -0.39 is 0 Å². The maximum absolute atomic E-state index is 11.4. The lowest BCUT2D eigenvalue weighted by molar-refractivity contribution is -0.116. The van der Waals surface area contributed by atoms with Crippen LogP contribution in [0.2, 0.25) is 0 Å². The maximum Gasteiger partial charge on any atom is 0.251 e. The minimum Gasteiger partial charge on any atom is -0.348 e. The Balaban J connectivity index is 2.37. The summed E-state index contributed by atoms with van der Waals surface area (Å²) in [4.78, 5) is 11.4. The van der Waals surface area contributed by atoms with Crippen LogP contribution in [0.4, 0.5) is 0 Å². The summed E-state index contributed by atoms with van der Waals surface area (Å²) in [5.41, 5.74) is 2.05.